The normalized spacial score (nSPS) is 12.5. The van der Waals surface area contributed by atoms with E-state index in [4.69, 9.17) is 22.8 Å². The third-order valence-corrected chi connectivity index (χ3v) is 35.0. The Bertz CT molecular complexity index is 2890. The molecule has 0 bridgehead atoms. The molecule has 0 aromatic heterocycles. The Morgan fingerprint density at radius 2 is 0.871 bits per heavy atom. The molecule has 4 aromatic carbocycles. The molecule has 6 amide bonds. The number of carbonyl (C=O) groups excluding carboxylic acids is 4. The molecule has 1 unspecified atom stereocenters. The molecule has 4 aromatic rings. The van der Waals surface area contributed by atoms with E-state index >= 15 is 0 Å². The molecule has 15 nitrogen and oxygen atoms in total. The summed E-state index contributed by atoms with van der Waals surface area (Å²) >= 11 is 1.90. The van der Waals surface area contributed by atoms with Crippen LogP contribution in [0.15, 0.2) is 170 Å². The van der Waals surface area contributed by atoms with E-state index < -0.39 is 53.9 Å². The van der Waals surface area contributed by atoms with Crippen molar-refractivity contribution in [1.82, 2.24) is 8.46 Å². The summed E-state index contributed by atoms with van der Waals surface area (Å²) in [4.78, 5) is 53.3. The van der Waals surface area contributed by atoms with Crippen molar-refractivity contribution in [3.8, 4) is 0 Å². The molecule has 460 valence electrons. The number of urea groups is 2. The van der Waals surface area contributed by atoms with Crippen molar-refractivity contribution in [2.24, 2.45) is 5.92 Å². The lowest BCUT2D eigenvalue weighted by atomic mass is 9.96. The monoisotopic (exact) mass is 1260 g/mol. The van der Waals surface area contributed by atoms with Crippen molar-refractivity contribution in [1.29, 1.82) is 0 Å². The summed E-state index contributed by atoms with van der Waals surface area (Å²) in [6.45, 7) is 33.3. The van der Waals surface area contributed by atoms with Crippen molar-refractivity contribution in [3.63, 3.8) is 0 Å². The lowest BCUT2D eigenvalue weighted by Crippen LogP contribution is -2.64. The fraction of sp³-hybridized carbons (Fsp3) is 0.375. The fourth-order valence-electron chi connectivity index (χ4n) is 9.87. The summed E-state index contributed by atoms with van der Waals surface area (Å²) in [5, 5.41) is 12.0. The standard InChI is InChI=1S/C64H94N6O9SSi5/c1-16-81(8,9)69(82(10,11)17-2)61(71)65-57-36-25-32-53(48-57)46-55-34-27-38-59(50-55)67-63(73)78-41-23-20-21-30-52(40-44-80-43-29-45-85(75-5,76-6)77-7)31-22-24-42-79-64(74)68-60-39-28-35-56(51-60)47-54-33-26-37-58(49-54)66-62(72)70(83(12,13)18-3)84(14,15)19-4/h16-20,22-28,32-39,48-52H,1-4,21,29-31,40-47H2,5-15H3,(H,65,71)(H,66,72)(H,67,73)(H,68,74)/b23-20+,24-22+. The zero-order chi connectivity index (χ0) is 62.7. The van der Waals surface area contributed by atoms with E-state index in [1.54, 1.807) is 21.3 Å². The third-order valence-electron chi connectivity index (χ3n) is 14.8. The van der Waals surface area contributed by atoms with Gasteiger partial charge in [0.05, 0.1) is 0 Å². The molecule has 4 N–H and O–H groups in total. The van der Waals surface area contributed by atoms with Crippen LogP contribution >= 0.6 is 11.8 Å². The van der Waals surface area contributed by atoms with Gasteiger partial charge in [0, 0.05) is 50.1 Å². The molecule has 0 aliphatic heterocycles. The molecular formula is C64H94N6O9SSi5. The Morgan fingerprint density at radius 1 is 0.506 bits per heavy atom. The molecule has 0 spiro atoms. The number of rotatable bonds is 35. The van der Waals surface area contributed by atoms with Crippen LogP contribution < -0.4 is 21.3 Å². The molecule has 0 aliphatic rings. The summed E-state index contributed by atoms with van der Waals surface area (Å²) < 4.78 is 31.9. The van der Waals surface area contributed by atoms with Crippen molar-refractivity contribution in [2.45, 2.75) is 103 Å². The van der Waals surface area contributed by atoms with Crippen LogP contribution in [0.3, 0.4) is 0 Å². The maximum atomic E-state index is 13.7. The predicted molar refractivity (Wildman–Crippen MR) is 368 cm³/mol. The smallest absolute Gasteiger partial charge is 0.445 e. The highest BCUT2D eigenvalue weighted by Gasteiger charge is 2.42. The summed E-state index contributed by atoms with van der Waals surface area (Å²) in [5.41, 5.74) is 14.3. The van der Waals surface area contributed by atoms with Crippen molar-refractivity contribution in [3.05, 3.63) is 193 Å². The molecule has 85 heavy (non-hydrogen) atoms. The van der Waals surface area contributed by atoms with Crippen LogP contribution in [-0.4, -0.2) is 121 Å². The van der Waals surface area contributed by atoms with E-state index in [1.807, 2.05) is 158 Å². The van der Waals surface area contributed by atoms with Crippen LogP contribution in [0.5, 0.6) is 0 Å². The number of nitrogens with zero attached hydrogens (tertiary/aromatic N) is 2. The van der Waals surface area contributed by atoms with Gasteiger partial charge < -0.3 is 41.8 Å². The number of benzene rings is 4. The molecule has 0 radical (unpaired) electrons. The van der Waals surface area contributed by atoms with E-state index in [0.717, 1.165) is 71.9 Å². The maximum Gasteiger partial charge on any atom is 0.500 e. The minimum absolute atomic E-state index is 0.122. The van der Waals surface area contributed by atoms with Crippen LogP contribution in [0, 0.1) is 5.92 Å². The number of carbonyl (C=O) groups is 4. The third kappa shape index (κ3) is 23.5. The molecule has 21 heteroatoms. The highest BCUT2D eigenvalue weighted by molar-refractivity contribution is 7.99. The molecule has 0 fully saturated rings. The first kappa shape index (κ1) is 71.2. The Hall–Kier alpha value is -6.29. The van der Waals surface area contributed by atoms with Crippen molar-refractivity contribution in [2.75, 3.05) is 67.3 Å². The second kappa shape index (κ2) is 34.8. The number of allylic oxidation sites excluding steroid dienone is 2. The Morgan fingerprint density at radius 3 is 1.24 bits per heavy atom. The van der Waals surface area contributed by atoms with Crippen LogP contribution in [-0.2, 0) is 35.6 Å². The van der Waals surface area contributed by atoms with Crippen molar-refractivity contribution < 1.29 is 41.9 Å². The lowest BCUT2D eigenvalue weighted by Gasteiger charge is -2.44. The first-order valence-electron chi connectivity index (χ1n) is 28.9. The average Bonchev–Trinajstić information content (AvgIpc) is 2.00. The number of hydrogen-bond acceptors (Lipinski definition) is 10. The zero-order valence-corrected chi connectivity index (χ0v) is 58.0. The molecular weight excluding hydrogens is 1170 g/mol. The number of hydrogen-bond donors (Lipinski definition) is 4. The van der Waals surface area contributed by atoms with Crippen LogP contribution in [0.25, 0.3) is 0 Å². The van der Waals surface area contributed by atoms with Gasteiger partial charge in [0.1, 0.15) is 13.2 Å². The first-order chi connectivity index (χ1) is 40.4. The average molecular weight is 1260 g/mol. The van der Waals surface area contributed by atoms with Gasteiger partial charge >= 0.3 is 33.1 Å². The number of nitrogens with one attached hydrogen (secondary N) is 4. The predicted octanol–water partition coefficient (Wildman–Crippen LogP) is 16.3. The number of amides is 6. The molecule has 0 saturated heterocycles. The van der Waals surface area contributed by atoms with Gasteiger partial charge in [-0.3, -0.25) is 20.2 Å². The maximum absolute atomic E-state index is 13.7. The van der Waals surface area contributed by atoms with Gasteiger partial charge in [0.2, 0.25) is 0 Å². The van der Waals surface area contributed by atoms with Crippen LogP contribution in [0.2, 0.25) is 58.4 Å². The quantitative estimate of drug-likeness (QED) is 0.0198. The first-order valence-corrected chi connectivity index (χ1v) is 44.1. The summed E-state index contributed by atoms with van der Waals surface area (Å²) in [5.74, 6) is 2.31. The second-order valence-corrected chi connectivity index (χ2v) is 44.8. The fourth-order valence-corrected chi connectivity index (χ4v) is 28.9. The van der Waals surface area contributed by atoms with E-state index in [-0.39, 0.29) is 25.3 Å². The van der Waals surface area contributed by atoms with Gasteiger partial charge in [0.15, 0.2) is 32.9 Å². The topological polar surface area (TPSA) is 169 Å². The highest BCUT2D eigenvalue weighted by atomic mass is 32.2. The van der Waals surface area contributed by atoms with E-state index in [0.29, 0.717) is 41.5 Å². The van der Waals surface area contributed by atoms with Gasteiger partial charge in [0.25, 0.3) is 0 Å². The Labute approximate surface area is 517 Å². The molecule has 0 heterocycles. The second-order valence-electron chi connectivity index (χ2n) is 23.0. The summed E-state index contributed by atoms with van der Waals surface area (Å²) in [7, 11) is -6.67. The summed E-state index contributed by atoms with van der Waals surface area (Å²) in [6.07, 6.45) is 12.4. The van der Waals surface area contributed by atoms with E-state index in [9.17, 15) is 19.2 Å². The van der Waals surface area contributed by atoms with Crippen molar-refractivity contribution >= 4 is 101 Å². The minimum atomic E-state index is -2.61. The van der Waals surface area contributed by atoms with E-state index in [1.165, 1.54) is 0 Å². The molecule has 1 atom stereocenters. The van der Waals surface area contributed by atoms with Gasteiger partial charge in [-0.05, 0) is 186 Å². The van der Waals surface area contributed by atoms with Crippen LogP contribution in [0.4, 0.5) is 41.9 Å². The van der Waals surface area contributed by atoms with Gasteiger partial charge in [-0.25, -0.2) is 9.59 Å². The van der Waals surface area contributed by atoms with Crippen LogP contribution in [0.1, 0.15) is 54.4 Å². The number of thioether (sulfide) groups is 1. The Kier molecular flexibility index (Phi) is 29.1. The van der Waals surface area contributed by atoms with Gasteiger partial charge in [-0.2, -0.15) is 11.8 Å². The van der Waals surface area contributed by atoms with E-state index in [2.05, 4.69) is 106 Å². The largest absolute Gasteiger partial charge is 0.500 e. The molecule has 0 saturated carbocycles. The number of anilines is 4. The zero-order valence-electron chi connectivity index (χ0n) is 52.2. The Balaban J connectivity index is 1.27. The molecule has 4 rings (SSSR count). The number of ether oxygens (including phenoxy) is 2. The molecule has 0 aliphatic carbocycles. The lowest BCUT2D eigenvalue weighted by molar-refractivity contribution is 0.123. The summed E-state index contributed by atoms with van der Waals surface area (Å²) in [6, 6.07) is 31.4. The van der Waals surface area contributed by atoms with Gasteiger partial charge in [-0.1, -0.05) is 95.6 Å². The van der Waals surface area contributed by atoms with Gasteiger partial charge in [-0.15, -0.1) is 26.3 Å². The SMILES string of the molecule is C=C[Si](C)(C)N(C(=O)Nc1cccc(Cc2cccc(NC(=O)OC/C=C/CCC(C/C=C/COC(=O)Nc3cccc(Cc4cccc(NC(=O)N([Si](C)(C)C=C)[Si](C)(C)C=C)c4)c3)CCSCCC[Si](OC)(OC)OC)c2)c1)[Si](C)(C)C=C. The minimum Gasteiger partial charge on any atom is -0.445 e. The highest BCUT2D eigenvalue weighted by Crippen LogP contribution is 2.28.